The first kappa shape index (κ1) is 22.0. The monoisotopic (exact) mass is 450 g/mol. The zero-order valence-electron chi connectivity index (χ0n) is 14.8. The van der Waals surface area contributed by atoms with Crippen molar-refractivity contribution in [2.45, 2.75) is 18.7 Å². The van der Waals surface area contributed by atoms with Gasteiger partial charge >= 0.3 is 0 Å². The molecule has 0 bridgehead atoms. The Balaban J connectivity index is 0.00000280. The second-order valence-electron chi connectivity index (χ2n) is 5.88. The van der Waals surface area contributed by atoms with Gasteiger partial charge in [0, 0.05) is 28.1 Å². The van der Waals surface area contributed by atoms with Gasteiger partial charge in [0.05, 0.1) is 16.9 Å². The van der Waals surface area contributed by atoms with Crippen LogP contribution in [0.2, 0.25) is 0 Å². The van der Waals surface area contributed by atoms with Crippen LogP contribution in [0.5, 0.6) is 11.5 Å². The molecule has 0 fully saturated rings. The molecule has 1 radical (unpaired) electrons. The molecule has 0 aromatic heterocycles. The first-order valence-electron chi connectivity index (χ1n) is 7.83. The topological polar surface area (TPSA) is 130 Å². The second-order valence-corrected chi connectivity index (χ2v) is 6.63. The quantitative estimate of drug-likeness (QED) is 0.104. The maximum absolute atomic E-state index is 10.8. The molecule has 3 aromatic rings. The van der Waals surface area contributed by atoms with Crippen molar-refractivity contribution in [1.82, 2.24) is 0 Å². The summed E-state index contributed by atoms with van der Waals surface area (Å²) in [5.74, 6) is -0.244. The molecule has 3 aromatic carbocycles. The van der Waals surface area contributed by atoms with E-state index in [1.54, 1.807) is 30.3 Å². The van der Waals surface area contributed by atoms with Crippen molar-refractivity contribution in [3.8, 4) is 11.5 Å². The first-order valence-corrected chi connectivity index (χ1v) is 8.57. The summed E-state index contributed by atoms with van der Waals surface area (Å²) < 4.78 is 4.49. The predicted octanol–water partition coefficient (Wildman–Crippen LogP) is 5.29. The third-order valence-corrected chi connectivity index (χ3v) is 4.64. The number of hydrogen-bond donors (Lipinski definition) is 4. The van der Waals surface area contributed by atoms with Gasteiger partial charge in [-0.15, -0.1) is 14.6 Å². The van der Waals surface area contributed by atoms with Crippen LogP contribution in [0, 0.1) is 13.8 Å². The molecule has 0 spiro atoms. The van der Waals surface area contributed by atoms with E-state index < -0.39 is 0 Å². The fourth-order valence-corrected chi connectivity index (χ4v) is 3.10. The number of hydrogen-bond acceptors (Lipinski definition) is 9. The molecule has 3 rings (SSSR count). The van der Waals surface area contributed by atoms with Crippen LogP contribution in [0.25, 0.3) is 10.8 Å². The van der Waals surface area contributed by atoms with Gasteiger partial charge in [0.15, 0.2) is 5.75 Å². The average molecular weight is 451 g/mol. The van der Waals surface area contributed by atoms with Crippen LogP contribution in [0.3, 0.4) is 0 Å². The Bertz CT molecular complexity index is 1050. The number of phenols is 2. The molecule has 0 saturated carbocycles. The molecule has 0 atom stereocenters. The SMILES string of the molecule is Cc1ccc(N=Nc2c(SOOO)cc3ccc(C)c(N)c3c2O)c(O)c1.[Cu]. The summed E-state index contributed by atoms with van der Waals surface area (Å²) in [7, 11) is 0. The normalized spacial score (nSPS) is 11.1. The first-order chi connectivity index (χ1) is 12.9. The molecule has 0 heterocycles. The largest absolute Gasteiger partial charge is 0.506 e. The Kier molecular flexibility index (Phi) is 7.25. The second kappa shape index (κ2) is 9.24. The number of nitrogen functional groups attached to an aromatic ring is 1. The number of phenolic OH excluding ortho intramolecular Hbond substituents is 2. The number of nitrogens with zero attached hydrogens (tertiary/aromatic N) is 2. The van der Waals surface area contributed by atoms with Crippen LogP contribution in [-0.4, -0.2) is 15.5 Å². The van der Waals surface area contributed by atoms with Crippen LogP contribution >= 0.6 is 12.0 Å². The number of anilines is 1. The van der Waals surface area contributed by atoms with E-state index in [1.807, 2.05) is 19.9 Å². The molecule has 10 heteroatoms. The minimum Gasteiger partial charge on any atom is -0.506 e. The average Bonchev–Trinajstić information content (AvgIpc) is 2.63. The smallest absolute Gasteiger partial charge is 0.154 e. The Labute approximate surface area is 175 Å². The molecule has 28 heavy (non-hydrogen) atoms. The molecule has 5 N–H and O–H groups in total. The summed E-state index contributed by atoms with van der Waals surface area (Å²) in [6.45, 7) is 3.66. The Morgan fingerprint density at radius 1 is 1.04 bits per heavy atom. The van der Waals surface area contributed by atoms with Gasteiger partial charge in [0.2, 0.25) is 0 Å². The fourth-order valence-electron chi connectivity index (χ4n) is 2.60. The van der Waals surface area contributed by atoms with Crippen molar-refractivity contribution in [3.05, 3.63) is 47.5 Å². The van der Waals surface area contributed by atoms with E-state index in [2.05, 4.69) is 19.6 Å². The van der Waals surface area contributed by atoms with Crippen molar-refractivity contribution in [3.63, 3.8) is 0 Å². The van der Waals surface area contributed by atoms with E-state index in [9.17, 15) is 10.2 Å². The van der Waals surface area contributed by atoms with Crippen molar-refractivity contribution >= 4 is 39.9 Å². The molecule has 8 nitrogen and oxygen atoms in total. The van der Waals surface area contributed by atoms with Crippen molar-refractivity contribution in [1.29, 1.82) is 0 Å². The van der Waals surface area contributed by atoms with E-state index in [0.717, 1.165) is 11.1 Å². The van der Waals surface area contributed by atoms with Gasteiger partial charge in [0.25, 0.3) is 0 Å². The third kappa shape index (κ3) is 4.38. The van der Waals surface area contributed by atoms with Crippen molar-refractivity contribution < 1.29 is 41.9 Å². The Morgan fingerprint density at radius 3 is 2.46 bits per heavy atom. The summed E-state index contributed by atoms with van der Waals surface area (Å²) in [5.41, 5.74) is 8.48. The van der Waals surface area contributed by atoms with E-state index in [4.69, 9.17) is 11.0 Å². The fraction of sp³-hybridized carbons (Fsp3) is 0.111. The Hall–Kier alpha value is -2.33. The predicted molar refractivity (Wildman–Crippen MR) is 102 cm³/mol. The number of fused-ring (bicyclic) bond motifs is 1. The van der Waals surface area contributed by atoms with Gasteiger partial charge in [-0.3, -0.25) is 0 Å². The van der Waals surface area contributed by atoms with Crippen LogP contribution in [0.4, 0.5) is 17.1 Å². The number of nitrogens with two attached hydrogens (primary N) is 1. The van der Waals surface area contributed by atoms with E-state index in [0.29, 0.717) is 33.4 Å². The number of aryl methyl sites for hydroxylation is 2. The number of azo groups is 1. The summed E-state index contributed by atoms with van der Waals surface area (Å²) in [6, 6.07) is 10.2. The van der Waals surface area contributed by atoms with Crippen molar-refractivity contribution in [2.24, 2.45) is 10.2 Å². The molecular formula is C18H17CuN3O5S. The van der Waals surface area contributed by atoms with Crippen LogP contribution in [0.1, 0.15) is 11.1 Å². The van der Waals surface area contributed by atoms with Gasteiger partial charge < -0.3 is 15.9 Å². The van der Waals surface area contributed by atoms with Gasteiger partial charge in [-0.2, -0.15) is 0 Å². The maximum atomic E-state index is 10.8. The van der Waals surface area contributed by atoms with Crippen LogP contribution in [-0.2, 0) is 26.4 Å². The van der Waals surface area contributed by atoms with Crippen LogP contribution in [0.15, 0.2) is 51.5 Å². The molecule has 0 unspecified atom stereocenters. The molecule has 151 valence electrons. The van der Waals surface area contributed by atoms with E-state index in [1.165, 1.54) is 0 Å². The number of rotatable bonds is 5. The summed E-state index contributed by atoms with van der Waals surface area (Å²) >= 11 is 0.639. The molecule has 0 aliphatic heterocycles. The van der Waals surface area contributed by atoms with Gasteiger partial charge in [0.1, 0.15) is 17.1 Å². The standard InChI is InChI=1S/C18H17N3O5S.Cu/c1-9-3-6-12(13(22)7-9)20-21-17-14(27-26-25-24)8-11-5-4-10(2)16(19)15(11)18(17)23;/h3-8,22-24H,19H2,1-2H3;. The van der Waals surface area contributed by atoms with Gasteiger partial charge in [-0.25, -0.2) is 5.26 Å². The van der Waals surface area contributed by atoms with Crippen molar-refractivity contribution in [2.75, 3.05) is 5.73 Å². The minimum absolute atomic E-state index is 0. The number of aromatic hydroxyl groups is 2. The minimum atomic E-state index is -0.201. The maximum Gasteiger partial charge on any atom is 0.154 e. The Morgan fingerprint density at radius 2 is 1.79 bits per heavy atom. The number of benzene rings is 3. The molecule has 0 saturated heterocycles. The molecule has 0 aliphatic rings. The van der Waals surface area contributed by atoms with Crippen LogP contribution < -0.4 is 5.73 Å². The third-order valence-electron chi connectivity index (χ3n) is 4.02. The van der Waals surface area contributed by atoms with E-state index in [-0.39, 0.29) is 39.9 Å². The van der Waals surface area contributed by atoms with Gasteiger partial charge in [-0.05, 0) is 48.6 Å². The molecule has 0 aliphatic carbocycles. The zero-order chi connectivity index (χ0) is 19.6. The molecule has 0 amide bonds. The summed E-state index contributed by atoms with van der Waals surface area (Å²) in [5, 5.41) is 42.0. The van der Waals surface area contributed by atoms with E-state index >= 15 is 0 Å². The molecular weight excluding hydrogens is 434 g/mol. The van der Waals surface area contributed by atoms with Gasteiger partial charge in [-0.1, -0.05) is 23.2 Å². The zero-order valence-corrected chi connectivity index (χ0v) is 16.6. The summed E-state index contributed by atoms with van der Waals surface area (Å²) in [6.07, 6.45) is 0. The summed E-state index contributed by atoms with van der Waals surface area (Å²) in [4.78, 5) is 0.327.